The number of nitrogens with one attached hydrogen (secondary N) is 1. The van der Waals surface area contributed by atoms with Gasteiger partial charge in [-0.05, 0) is 29.0 Å². The molecule has 0 saturated carbocycles. The second kappa shape index (κ2) is 7.01. The van der Waals surface area contributed by atoms with Gasteiger partial charge in [-0.2, -0.15) is 0 Å². The van der Waals surface area contributed by atoms with Crippen LogP contribution >= 0.6 is 11.8 Å². The van der Waals surface area contributed by atoms with Crippen molar-refractivity contribution in [2.75, 3.05) is 17.7 Å². The van der Waals surface area contributed by atoms with Gasteiger partial charge in [0.05, 0.1) is 18.9 Å². The minimum atomic E-state index is -0.122. The van der Waals surface area contributed by atoms with Crippen molar-refractivity contribution in [1.82, 2.24) is 20.2 Å². The minimum Gasteiger partial charge on any atom is -0.394 e. The third kappa shape index (κ3) is 3.78. The number of hydrogen-bond donors (Lipinski definition) is 2. The fourth-order valence-corrected chi connectivity index (χ4v) is 2.27. The van der Waals surface area contributed by atoms with Gasteiger partial charge in [-0.1, -0.05) is 30.0 Å². The summed E-state index contributed by atoms with van der Waals surface area (Å²) in [5.74, 6) is 0.0861. The van der Waals surface area contributed by atoms with Crippen LogP contribution in [0.5, 0.6) is 0 Å². The zero-order chi connectivity index (χ0) is 14.4. The molecule has 1 heterocycles. The van der Waals surface area contributed by atoms with E-state index in [1.54, 1.807) is 0 Å². The van der Waals surface area contributed by atoms with Gasteiger partial charge < -0.3 is 10.4 Å². The lowest BCUT2D eigenvalue weighted by Crippen LogP contribution is -2.15. The first kappa shape index (κ1) is 14.5. The largest absolute Gasteiger partial charge is 0.394 e. The smallest absolute Gasteiger partial charge is 0.234 e. The highest BCUT2D eigenvalue weighted by Crippen LogP contribution is 2.16. The number of hydrogen-bond acceptors (Lipinski definition) is 6. The van der Waals surface area contributed by atoms with E-state index in [4.69, 9.17) is 5.11 Å². The Morgan fingerprint density at radius 2 is 2.25 bits per heavy atom. The number of benzene rings is 1. The fourth-order valence-electron chi connectivity index (χ4n) is 1.56. The van der Waals surface area contributed by atoms with Crippen LogP contribution in [0.1, 0.15) is 5.56 Å². The summed E-state index contributed by atoms with van der Waals surface area (Å²) in [5, 5.41) is 23.3. The van der Waals surface area contributed by atoms with E-state index in [1.165, 1.54) is 16.4 Å². The zero-order valence-electron chi connectivity index (χ0n) is 11.0. The molecule has 0 fully saturated rings. The van der Waals surface area contributed by atoms with E-state index in [2.05, 4.69) is 20.8 Å². The average Bonchev–Trinajstić information content (AvgIpc) is 2.87. The van der Waals surface area contributed by atoms with Gasteiger partial charge in [0.15, 0.2) is 0 Å². The number of amides is 1. The monoisotopic (exact) mass is 293 g/mol. The summed E-state index contributed by atoms with van der Waals surface area (Å²) in [6.45, 7) is 2.20. The Balaban J connectivity index is 1.89. The molecule has 1 aromatic carbocycles. The molecule has 0 unspecified atom stereocenters. The van der Waals surface area contributed by atoms with Crippen molar-refractivity contribution in [1.29, 1.82) is 0 Å². The van der Waals surface area contributed by atoms with Gasteiger partial charge in [0.2, 0.25) is 11.1 Å². The number of carbonyl (C=O) groups excluding carboxylic acids is 1. The molecule has 1 amide bonds. The number of aliphatic hydroxyl groups is 1. The average molecular weight is 293 g/mol. The molecule has 0 aliphatic heterocycles. The molecular weight excluding hydrogens is 278 g/mol. The van der Waals surface area contributed by atoms with Crippen molar-refractivity contribution >= 4 is 23.4 Å². The summed E-state index contributed by atoms with van der Waals surface area (Å²) in [6, 6.07) is 7.58. The number of anilines is 1. The highest BCUT2D eigenvalue weighted by molar-refractivity contribution is 7.99. The van der Waals surface area contributed by atoms with Crippen molar-refractivity contribution in [3.63, 3.8) is 0 Å². The van der Waals surface area contributed by atoms with Crippen LogP contribution in [-0.4, -0.2) is 43.6 Å². The van der Waals surface area contributed by atoms with Crippen LogP contribution in [0.3, 0.4) is 0 Å². The van der Waals surface area contributed by atoms with E-state index in [0.717, 1.165) is 11.3 Å². The number of para-hydroxylation sites is 1. The van der Waals surface area contributed by atoms with Gasteiger partial charge >= 0.3 is 0 Å². The van der Waals surface area contributed by atoms with Crippen molar-refractivity contribution < 1.29 is 9.90 Å². The molecule has 0 bridgehead atoms. The number of aliphatic hydroxyl groups excluding tert-OH is 1. The van der Waals surface area contributed by atoms with Crippen molar-refractivity contribution in [2.45, 2.75) is 18.6 Å². The quantitative estimate of drug-likeness (QED) is 0.762. The number of tetrazole rings is 1. The summed E-state index contributed by atoms with van der Waals surface area (Å²) < 4.78 is 1.46. The molecule has 0 aliphatic rings. The predicted molar refractivity (Wildman–Crippen MR) is 75.4 cm³/mol. The van der Waals surface area contributed by atoms with Crippen LogP contribution in [0.25, 0.3) is 0 Å². The molecule has 106 valence electrons. The van der Waals surface area contributed by atoms with Gasteiger partial charge in [0, 0.05) is 5.69 Å². The number of aromatic nitrogens is 4. The van der Waals surface area contributed by atoms with Gasteiger partial charge in [-0.25, -0.2) is 4.68 Å². The Morgan fingerprint density at radius 1 is 1.45 bits per heavy atom. The molecule has 2 aromatic rings. The summed E-state index contributed by atoms with van der Waals surface area (Å²) in [6.07, 6.45) is 0. The molecule has 0 spiro atoms. The second-order valence-electron chi connectivity index (χ2n) is 4.06. The molecular formula is C12H15N5O2S. The maximum absolute atomic E-state index is 11.9. The second-order valence-corrected chi connectivity index (χ2v) is 5.00. The van der Waals surface area contributed by atoms with Gasteiger partial charge in [-0.15, -0.1) is 5.10 Å². The maximum Gasteiger partial charge on any atom is 0.234 e. The molecule has 0 radical (unpaired) electrons. The van der Waals surface area contributed by atoms with Crippen molar-refractivity contribution in [2.24, 2.45) is 0 Å². The highest BCUT2D eigenvalue weighted by atomic mass is 32.2. The van der Waals surface area contributed by atoms with Crippen LogP contribution in [0, 0.1) is 6.92 Å². The van der Waals surface area contributed by atoms with E-state index in [0.29, 0.717) is 11.7 Å². The number of rotatable bonds is 6. The molecule has 2 N–H and O–H groups in total. The minimum absolute atomic E-state index is 0.0476. The molecule has 1 aromatic heterocycles. The van der Waals surface area contributed by atoms with E-state index in [-0.39, 0.29) is 18.3 Å². The van der Waals surface area contributed by atoms with Crippen LogP contribution in [0.4, 0.5) is 5.69 Å². The Labute approximate surface area is 120 Å². The molecule has 8 heteroatoms. The van der Waals surface area contributed by atoms with Gasteiger partial charge in [-0.3, -0.25) is 4.79 Å². The van der Waals surface area contributed by atoms with Crippen LogP contribution < -0.4 is 5.32 Å². The van der Waals surface area contributed by atoms with E-state index in [1.807, 2.05) is 31.2 Å². The Morgan fingerprint density at radius 3 is 3.00 bits per heavy atom. The van der Waals surface area contributed by atoms with Crippen molar-refractivity contribution in [3.8, 4) is 0 Å². The van der Waals surface area contributed by atoms with Crippen molar-refractivity contribution in [3.05, 3.63) is 29.8 Å². The Bertz CT molecular complexity index is 587. The normalized spacial score (nSPS) is 10.5. The third-order valence-corrected chi connectivity index (χ3v) is 3.52. The molecule has 2 rings (SSSR count). The predicted octanol–water partition coefficient (Wildman–Crippen LogP) is 0.705. The highest BCUT2D eigenvalue weighted by Gasteiger charge is 2.10. The lowest BCUT2D eigenvalue weighted by atomic mass is 10.2. The lowest BCUT2D eigenvalue weighted by molar-refractivity contribution is -0.113. The third-order valence-electron chi connectivity index (χ3n) is 2.56. The number of thioether (sulfide) groups is 1. The fraction of sp³-hybridized carbons (Fsp3) is 0.333. The maximum atomic E-state index is 11.9. The number of aryl methyl sites for hydroxylation is 1. The van der Waals surface area contributed by atoms with Gasteiger partial charge in [0.25, 0.3) is 0 Å². The van der Waals surface area contributed by atoms with E-state index in [9.17, 15) is 4.79 Å². The molecule has 20 heavy (non-hydrogen) atoms. The van der Waals surface area contributed by atoms with Crippen LogP contribution in [0.2, 0.25) is 0 Å². The summed E-state index contributed by atoms with van der Waals surface area (Å²) >= 11 is 1.23. The first-order valence-electron chi connectivity index (χ1n) is 6.06. The molecule has 0 atom stereocenters. The molecule has 7 nitrogen and oxygen atoms in total. The molecule has 0 saturated heterocycles. The first-order valence-corrected chi connectivity index (χ1v) is 7.04. The summed E-state index contributed by atoms with van der Waals surface area (Å²) in [5.41, 5.74) is 1.81. The first-order chi connectivity index (χ1) is 9.70. The van der Waals surface area contributed by atoms with Crippen LogP contribution in [-0.2, 0) is 11.3 Å². The van der Waals surface area contributed by atoms with Crippen LogP contribution in [0.15, 0.2) is 29.4 Å². The number of nitrogens with zero attached hydrogens (tertiary/aromatic N) is 4. The SMILES string of the molecule is Cc1ccccc1NC(=O)CSc1nnnn1CCO. The summed E-state index contributed by atoms with van der Waals surface area (Å²) in [4.78, 5) is 11.9. The number of carbonyl (C=O) groups is 1. The Hall–Kier alpha value is -1.93. The molecule has 0 aliphatic carbocycles. The van der Waals surface area contributed by atoms with Gasteiger partial charge in [0.1, 0.15) is 0 Å². The summed E-state index contributed by atoms with van der Waals surface area (Å²) in [7, 11) is 0. The van der Waals surface area contributed by atoms with E-state index < -0.39 is 0 Å². The lowest BCUT2D eigenvalue weighted by Gasteiger charge is -2.07. The topological polar surface area (TPSA) is 92.9 Å². The Kier molecular flexibility index (Phi) is 5.08. The zero-order valence-corrected chi connectivity index (χ0v) is 11.8. The van der Waals surface area contributed by atoms with E-state index >= 15 is 0 Å². The standard InChI is InChI=1S/C12H15N5O2S/c1-9-4-2-3-5-10(9)13-11(19)8-20-12-14-15-16-17(12)6-7-18/h2-5,18H,6-8H2,1H3,(H,13,19).